The van der Waals surface area contributed by atoms with Crippen molar-refractivity contribution in [2.45, 2.75) is 39.4 Å². The number of benzene rings is 1. The van der Waals surface area contributed by atoms with Gasteiger partial charge in [0, 0.05) is 29.1 Å². The maximum atomic E-state index is 12.7. The van der Waals surface area contributed by atoms with Crippen LogP contribution in [-0.4, -0.2) is 48.5 Å². The van der Waals surface area contributed by atoms with Crippen molar-refractivity contribution in [2.75, 3.05) is 19.7 Å². The summed E-state index contributed by atoms with van der Waals surface area (Å²) in [4.78, 5) is 40.4. The lowest BCUT2D eigenvalue weighted by molar-refractivity contribution is -0.152. The smallest absolute Gasteiger partial charge is 0.349 e. The van der Waals surface area contributed by atoms with Crippen molar-refractivity contribution in [1.29, 1.82) is 0 Å². The second-order valence-electron chi connectivity index (χ2n) is 7.65. The second kappa shape index (κ2) is 9.09. The summed E-state index contributed by atoms with van der Waals surface area (Å²) >= 11 is 1.35. The zero-order valence-corrected chi connectivity index (χ0v) is 18.4. The number of fused-ring (bicyclic) bond motifs is 3. The van der Waals surface area contributed by atoms with Gasteiger partial charge in [-0.1, -0.05) is 12.1 Å². The van der Waals surface area contributed by atoms with Crippen LogP contribution in [-0.2, 0) is 25.7 Å². The van der Waals surface area contributed by atoms with Gasteiger partial charge in [0.25, 0.3) is 5.91 Å². The minimum atomic E-state index is -0.894. The summed E-state index contributed by atoms with van der Waals surface area (Å²) in [6.45, 7) is 5.03. The summed E-state index contributed by atoms with van der Waals surface area (Å²) in [5.41, 5.74) is 1.90. The zero-order chi connectivity index (χ0) is 22.0. The third kappa shape index (κ3) is 4.44. The van der Waals surface area contributed by atoms with Crippen LogP contribution in [0.2, 0.25) is 0 Å². The minimum Gasteiger partial charge on any atom is -0.488 e. The predicted octanol–water partition coefficient (Wildman–Crippen LogP) is 3.65. The number of hydrogen-bond donors (Lipinski definition) is 0. The van der Waals surface area contributed by atoms with Gasteiger partial charge >= 0.3 is 11.9 Å². The highest BCUT2D eigenvalue weighted by Crippen LogP contribution is 2.42. The van der Waals surface area contributed by atoms with Gasteiger partial charge in [0.15, 0.2) is 6.10 Å². The lowest BCUT2D eigenvalue weighted by Crippen LogP contribution is -2.45. The molecule has 2 aromatic rings. The van der Waals surface area contributed by atoms with E-state index in [1.807, 2.05) is 24.3 Å². The van der Waals surface area contributed by atoms with E-state index >= 15 is 0 Å². The first-order valence-corrected chi connectivity index (χ1v) is 11.3. The molecule has 1 atom stereocenters. The number of rotatable bonds is 5. The third-order valence-corrected chi connectivity index (χ3v) is 6.77. The number of carbonyl (C=O) groups excluding carboxylic acids is 3. The standard InChI is InChI=1S/C23H25NO6S/c1-3-28-22(26)15-8-10-24(11-9-15)21(25)14(2)30-23(27)19-12-16-13-29-18-7-5-4-6-17(18)20(16)31-19/h4-7,12,14-15H,3,8-11,13H2,1-2H3. The van der Waals surface area contributed by atoms with Crippen molar-refractivity contribution in [3.05, 3.63) is 40.8 Å². The van der Waals surface area contributed by atoms with Gasteiger partial charge < -0.3 is 19.1 Å². The molecule has 0 bridgehead atoms. The molecule has 1 saturated heterocycles. The van der Waals surface area contributed by atoms with Gasteiger partial charge in [-0.2, -0.15) is 0 Å². The Morgan fingerprint density at radius 2 is 1.97 bits per heavy atom. The normalized spacial score (nSPS) is 16.5. The molecule has 1 aromatic heterocycles. The quantitative estimate of drug-likeness (QED) is 0.656. The van der Waals surface area contributed by atoms with Gasteiger partial charge in [-0.25, -0.2) is 4.79 Å². The van der Waals surface area contributed by atoms with E-state index in [9.17, 15) is 14.4 Å². The van der Waals surface area contributed by atoms with E-state index in [1.54, 1.807) is 24.8 Å². The number of thiophene rings is 1. The summed E-state index contributed by atoms with van der Waals surface area (Å²) in [6.07, 6.45) is 0.222. The number of hydrogen-bond acceptors (Lipinski definition) is 7. The van der Waals surface area contributed by atoms with Crippen molar-refractivity contribution >= 4 is 29.2 Å². The summed E-state index contributed by atoms with van der Waals surface area (Å²) < 4.78 is 16.3. The highest BCUT2D eigenvalue weighted by Gasteiger charge is 2.32. The minimum absolute atomic E-state index is 0.176. The monoisotopic (exact) mass is 443 g/mol. The van der Waals surface area contributed by atoms with Crippen LogP contribution < -0.4 is 4.74 Å². The van der Waals surface area contributed by atoms with E-state index in [-0.39, 0.29) is 17.8 Å². The Morgan fingerprint density at radius 1 is 1.23 bits per heavy atom. The first kappa shape index (κ1) is 21.4. The molecular formula is C23H25NO6S. The number of likely N-dealkylation sites (tertiary alicyclic amines) is 1. The van der Waals surface area contributed by atoms with E-state index in [2.05, 4.69) is 0 Å². The van der Waals surface area contributed by atoms with E-state index in [4.69, 9.17) is 14.2 Å². The molecule has 3 heterocycles. The fourth-order valence-corrected chi connectivity index (χ4v) is 5.00. The van der Waals surface area contributed by atoms with E-state index in [1.165, 1.54) is 11.3 Å². The Morgan fingerprint density at radius 3 is 2.71 bits per heavy atom. The number of carbonyl (C=O) groups is 3. The number of piperidine rings is 1. The fraction of sp³-hybridized carbons (Fsp3) is 0.435. The molecule has 1 fully saturated rings. The van der Waals surface area contributed by atoms with Crippen LogP contribution >= 0.6 is 11.3 Å². The maximum absolute atomic E-state index is 12.7. The highest BCUT2D eigenvalue weighted by molar-refractivity contribution is 7.17. The molecule has 4 rings (SSSR count). The Hall–Kier alpha value is -2.87. The topological polar surface area (TPSA) is 82.1 Å². The number of esters is 2. The Balaban J connectivity index is 1.36. The third-order valence-electron chi connectivity index (χ3n) is 5.58. The molecule has 8 heteroatoms. The average molecular weight is 444 g/mol. The molecular weight excluding hydrogens is 418 g/mol. The molecule has 0 radical (unpaired) electrons. The van der Waals surface area contributed by atoms with Crippen LogP contribution in [0.3, 0.4) is 0 Å². The van der Waals surface area contributed by atoms with Crippen LogP contribution in [0.1, 0.15) is 41.9 Å². The van der Waals surface area contributed by atoms with E-state index in [0.717, 1.165) is 21.8 Å². The molecule has 0 spiro atoms. The molecule has 31 heavy (non-hydrogen) atoms. The largest absolute Gasteiger partial charge is 0.488 e. The van der Waals surface area contributed by atoms with E-state index in [0.29, 0.717) is 44.0 Å². The van der Waals surface area contributed by atoms with Crippen molar-refractivity contribution in [2.24, 2.45) is 5.92 Å². The molecule has 164 valence electrons. The Bertz CT molecular complexity index is 992. The molecule has 0 N–H and O–H groups in total. The first-order valence-electron chi connectivity index (χ1n) is 10.5. The number of nitrogens with zero attached hydrogens (tertiary/aromatic N) is 1. The summed E-state index contributed by atoms with van der Waals surface area (Å²) in [5, 5.41) is 0. The van der Waals surface area contributed by atoms with Crippen LogP contribution in [0.5, 0.6) is 5.75 Å². The van der Waals surface area contributed by atoms with Gasteiger partial charge in [-0.05, 0) is 44.9 Å². The molecule has 1 unspecified atom stereocenters. The molecule has 0 saturated carbocycles. The van der Waals surface area contributed by atoms with Crippen LogP contribution in [0.25, 0.3) is 10.4 Å². The SMILES string of the molecule is CCOC(=O)C1CCN(C(=O)C(C)OC(=O)c2cc3c(s2)-c2ccccc2OC3)CC1. The number of ether oxygens (including phenoxy) is 3. The number of amides is 1. The van der Waals surface area contributed by atoms with Gasteiger partial charge in [0.1, 0.15) is 17.2 Å². The van der Waals surface area contributed by atoms with Gasteiger partial charge in [0.05, 0.1) is 12.5 Å². The van der Waals surface area contributed by atoms with Crippen molar-refractivity contribution in [1.82, 2.24) is 4.90 Å². The summed E-state index contributed by atoms with van der Waals surface area (Å²) in [7, 11) is 0. The van der Waals surface area contributed by atoms with Crippen LogP contribution in [0.4, 0.5) is 0 Å². The van der Waals surface area contributed by atoms with Crippen molar-refractivity contribution in [3.63, 3.8) is 0 Å². The molecule has 7 nitrogen and oxygen atoms in total. The number of para-hydroxylation sites is 1. The molecule has 2 aliphatic rings. The molecule has 1 aromatic carbocycles. The molecule has 1 amide bonds. The fourth-order valence-electron chi connectivity index (χ4n) is 3.92. The average Bonchev–Trinajstić information content (AvgIpc) is 3.24. The predicted molar refractivity (Wildman–Crippen MR) is 115 cm³/mol. The van der Waals surface area contributed by atoms with Crippen LogP contribution in [0.15, 0.2) is 30.3 Å². The van der Waals surface area contributed by atoms with Crippen LogP contribution in [0, 0.1) is 5.92 Å². The van der Waals surface area contributed by atoms with Gasteiger partial charge in [0.2, 0.25) is 0 Å². The first-order chi connectivity index (χ1) is 15.0. The lowest BCUT2D eigenvalue weighted by atomic mass is 9.97. The van der Waals surface area contributed by atoms with Gasteiger partial charge in [-0.15, -0.1) is 11.3 Å². The van der Waals surface area contributed by atoms with Gasteiger partial charge in [-0.3, -0.25) is 9.59 Å². The molecule has 0 aliphatic carbocycles. The second-order valence-corrected chi connectivity index (χ2v) is 8.70. The Kier molecular flexibility index (Phi) is 6.27. The summed E-state index contributed by atoms with van der Waals surface area (Å²) in [5.74, 6) is -0.345. The summed E-state index contributed by atoms with van der Waals surface area (Å²) in [6, 6.07) is 9.49. The van der Waals surface area contributed by atoms with Crippen molar-refractivity contribution in [3.8, 4) is 16.2 Å². The van der Waals surface area contributed by atoms with E-state index < -0.39 is 12.1 Å². The lowest BCUT2D eigenvalue weighted by Gasteiger charge is -2.32. The highest BCUT2D eigenvalue weighted by atomic mass is 32.1. The van der Waals surface area contributed by atoms with Crippen molar-refractivity contribution < 1.29 is 28.6 Å². The Labute approximate surface area is 184 Å². The zero-order valence-electron chi connectivity index (χ0n) is 17.6. The maximum Gasteiger partial charge on any atom is 0.349 e. The molecule has 2 aliphatic heterocycles.